The Balaban J connectivity index is 2.23. The number of ether oxygens (including phenoxy) is 1. The van der Waals surface area contributed by atoms with Gasteiger partial charge in [-0.15, -0.1) is 0 Å². The van der Waals surface area contributed by atoms with Crippen molar-refractivity contribution in [2.45, 2.75) is 13.0 Å². The fourth-order valence-electron chi connectivity index (χ4n) is 1.91. The summed E-state index contributed by atoms with van der Waals surface area (Å²) < 4.78 is 5.34. The van der Waals surface area contributed by atoms with Crippen LogP contribution in [0.5, 0.6) is 0 Å². The van der Waals surface area contributed by atoms with Crippen molar-refractivity contribution in [1.29, 1.82) is 0 Å². The van der Waals surface area contributed by atoms with Gasteiger partial charge < -0.3 is 14.7 Å². The number of hydrogen-bond donors (Lipinski definition) is 1. The van der Waals surface area contributed by atoms with Crippen LogP contribution in [0, 0.1) is 6.92 Å². The Morgan fingerprint density at radius 3 is 3.06 bits per heavy atom. The highest BCUT2D eigenvalue weighted by atomic mass is 35.5. The molecule has 1 aromatic carbocycles. The fraction of sp³-hybridized carbons (Fsp3) is 0.500. The second-order valence-electron chi connectivity index (χ2n) is 4.04. The van der Waals surface area contributed by atoms with Crippen molar-refractivity contribution in [2.75, 3.05) is 31.3 Å². The average Bonchev–Trinajstić information content (AvgIpc) is 2.32. The Morgan fingerprint density at radius 1 is 1.56 bits per heavy atom. The summed E-state index contributed by atoms with van der Waals surface area (Å²) in [5, 5.41) is 10.1. The zero-order valence-electron chi connectivity index (χ0n) is 9.32. The third-order valence-electron chi connectivity index (χ3n) is 2.93. The second-order valence-corrected chi connectivity index (χ2v) is 4.45. The van der Waals surface area contributed by atoms with E-state index in [0.717, 1.165) is 22.8 Å². The van der Waals surface area contributed by atoms with Gasteiger partial charge in [-0.25, -0.2) is 0 Å². The van der Waals surface area contributed by atoms with Gasteiger partial charge in [0.05, 0.1) is 25.9 Å². The normalized spacial score (nSPS) is 21.2. The molecule has 1 aliphatic heterocycles. The molecule has 1 aromatic rings. The fourth-order valence-corrected chi connectivity index (χ4v) is 2.08. The number of benzene rings is 1. The minimum atomic E-state index is 0.0347. The number of aliphatic hydroxyl groups is 1. The molecule has 1 saturated heterocycles. The van der Waals surface area contributed by atoms with E-state index in [-0.39, 0.29) is 12.6 Å². The van der Waals surface area contributed by atoms with Crippen molar-refractivity contribution in [1.82, 2.24) is 0 Å². The van der Waals surface area contributed by atoms with Gasteiger partial charge in [0.1, 0.15) is 0 Å². The molecule has 1 heterocycles. The summed E-state index contributed by atoms with van der Waals surface area (Å²) in [7, 11) is 0. The molecule has 88 valence electrons. The van der Waals surface area contributed by atoms with Crippen LogP contribution in [0.3, 0.4) is 0 Å². The lowest BCUT2D eigenvalue weighted by molar-refractivity contribution is 0.0727. The van der Waals surface area contributed by atoms with Gasteiger partial charge in [0.2, 0.25) is 0 Å². The maximum Gasteiger partial charge on any atom is 0.0755 e. The first-order chi connectivity index (χ1) is 7.72. The molecule has 4 heteroatoms. The van der Waals surface area contributed by atoms with Gasteiger partial charge in [-0.1, -0.05) is 17.7 Å². The molecule has 16 heavy (non-hydrogen) atoms. The topological polar surface area (TPSA) is 32.7 Å². The molecule has 0 saturated carbocycles. The minimum absolute atomic E-state index is 0.0347. The number of aliphatic hydroxyl groups excluding tert-OH is 1. The summed E-state index contributed by atoms with van der Waals surface area (Å²) in [6.45, 7) is 4.15. The predicted octanol–water partition coefficient (Wildman–Crippen LogP) is 1.85. The number of rotatable bonds is 2. The van der Waals surface area contributed by atoms with Crippen LogP contribution in [0.4, 0.5) is 5.69 Å². The highest BCUT2D eigenvalue weighted by Gasteiger charge is 2.22. The number of nitrogens with zero attached hydrogens (tertiary/aromatic N) is 1. The second kappa shape index (κ2) is 5.04. The van der Waals surface area contributed by atoms with E-state index in [9.17, 15) is 5.11 Å². The first-order valence-electron chi connectivity index (χ1n) is 5.44. The van der Waals surface area contributed by atoms with Crippen LogP contribution < -0.4 is 4.90 Å². The lowest BCUT2D eigenvalue weighted by atomic mass is 10.1. The molecular formula is C12H16ClNO2. The Hall–Kier alpha value is -0.770. The van der Waals surface area contributed by atoms with Gasteiger partial charge in [0.25, 0.3) is 0 Å². The van der Waals surface area contributed by atoms with Gasteiger partial charge >= 0.3 is 0 Å². The Kier molecular flexibility index (Phi) is 3.69. The summed E-state index contributed by atoms with van der Waals surface area (Å²) in [6, 6.07) is 6.02. The Morgan fingerprint density at radius 2 is 2.38 bits per heavy atom. The number of hydrogen-bond acceptors (Lipinski definition) is 3. The summed E-state index contributed by atoms with van der Waals surface area (Å²) in [5.74, 6) is 0. The van der Waals surface area contributed by atoms with Crippen LogP contribution in [-0.2, 0) is 4.74 Å². The van der Waals surface area contributed by atoms with Gasteiger partial charge in [-0.05, 0) is 24.6 Å². The zero-order valence-corrected chi connectivity index (χ0v) is 10.1. The molecule has 0 amide bonds. The standard InChI is InChI=1S/C12H16ClNO2/c1-9-2-3-10(6-12(9)13)14-4-5-16-8-11(14)7-15/h2-3,6,11,15H,4-5,7-8H2,1H3. The van der Waals surface area contributed by atoms with E-state index in [0.29, 0.717) is 13.2 Å². The zero-order chi connectivity index (χ0) is 11.5. The van der Waals surface area contributed by atoms with Crippen LogP contribution in [0.15, 0.2) is 18.2 Å². The van der Waals surface area contributed by atoms with E-state index >= 15 is 0 Å². The van der Waals surface area contributed by atoms with E-state index in [1.807, 2.05) is 25.1 Å². The number of morpholine rings is 1. The predicted molar refractivity (Wildman–Crippen MR) is 65.2 cm³/mol. The Labute approximate surface area is 101 Å². The van der Waals surface area contributed by atoms with Gasteiger partial charge in [0, 0.05) is 17.3 Å². The van der Waals surface area contributed by atoms with E-state index in [4.69, 9.17) is 16.3 Å². The number of halogens is 1. The number of aryl methyl sites for hydroxylation is 1. The molecule has 1 unspecified atom stereocenters. The van der Waals surface area contributed by atoms with Gasteiger partial charge in [0.15, 0.2) is 0 Å². The minimum Gasteiger partial charge on any atom is -0.394 e. The first kappa shape index (κ1) is 11.7. The molecule has 3 nitrogen and oxygen atoms in total. The molecule has 1 atom stereocenters. The van der Waals surface area contributed by atoms with Gasteiger partial charge in [-0.3, -0.25) is 0 Å². The molecule has 1 aliphatic rings. The van der Waals surface area contributed by atoms with Crippen molar-refractivity contribution in [3.63, 3.8) is 0 Å². The molecule has 1 fully saturated rings. The van der Waals surface area contributed by atoms with Crippen molar-refractivity contribution >= 4 is 17.3 Å². The van der Waals surface area contributed by atoms with Crippen LogP contribution >= 0.6 is 11.6 Å². The summed E-state index contributed by atoms with van der Waals surface area (Å²) in [4.78, 5) is 2.15. The smallest absolute Gasteiger partial charge is 0.0755 e. The highest BCUT2D eigenvalue weighted by molar-refractivity contribution is 6.31. The molecule has 2 rings (SSSR count). The summed E-state index contributed by atoms with van der Waals surface area (Å²) >= 11 is 6.10. The SMILES string of the molecule is Cc1ccc(N2CCOCC2CO)cc1Cl. The first-order valence-corrected chi connectivity index (χ1v) is 5.81. The molecule has 0 spiro atoms. The van der Waals surface area contributed by atoms with Crippen LogP contribution in [0.25, 0.3) is 0 Å². The molecule has 0 bridgehead atoms. The van der Waals surface area contributed by atoms with E-state index < -0.39 is 0 Å². The lowest BCUT2D eigenvalue weighted by Crippen LogP contribution is -2.47. The van der Waals surface area contributed by atoms with Crippen molar-refractivity contribution in [2.24, 2.45) is 0 Å². The molecular weight excluding hydrogens is 226 g/mol. The van der Waals surface area contributed by atoms with Crippen LogP contribution in [-0.4, -0.2) is 37.5 Å². The monoisotopic (exact) mass is 241 g/mol. The van der Waals surface area contributed by atoms with E-state index in [1.165, 1.54) is 0 Å². The molecule has 0 aromatic heterocycles. The third-order valence-corrected chi connectivity index (χ3v) is 3.33. The van der Waals surface area contributed by atoms with Crippen LogP contribution in [0.2, 0.25) is 5.02 Å². The maximum absolute atomic E-state index is 9.29. The summed E-state index contributed by atoms with van der Waals surface area (Å²) in [5.41, 5.74) is 2.12. The third kappa shape index (κ3) is 2.32. The maximum atomic E-state index is 9.29. The van der Waals surface area contributed by atoms with E-state index in [1.54, 1.807) is 0 Å². The van der Waals surface area contributed by atoms with Crippen molar-refractivity contribution in [3.05, 3.63) is 28.8 Å². The largest absolute Gasteiger partial charge is 0.394 e. The van der Waals surface area contributed by atoms with Gasteiger partial charge in [-0.2, -0.15) is 0 Å². The lowest BCUT2D eigenvalue weighted by Gasteiger charge is -2.36. The molecule has 1 N–H and O–H groups in total. The quantitative estimate of drug-likeness (QED) is 0.858. The summed E-state index contributed by atoms with van der Waals surface area (Å²) in [6.07, 6.45) is 0. The van der Waals surface area contributed by atoms with Crippen molar-refractivity contribution < 1.29 is 9.84 Å². The molecule has 0 aliphatic carbocycles. The number of anilines is 1. The average molecular weight is 242 g/mol. The molecule has 0 radical (unpaired) electrons. The van der Waals surface area contributed by atoms with E-state index in [2.05, 4.69) is 4.90 Å². The van der Waals surface area contributed by atoms with Crippen molar-refractivity contribution in [3.8, 4) is 0 Å². The Bertz CT molecular complexity index is 370. The highest BCUT2D eigenvalue weighted by Crippen LogP contribution is 2.25. The van der Waals surface area contributed by atoms with Crippen LogP contribution in [0.1, 0.15) is 5.56 Å².